The van der Waals surface area contributed by atoms with E-state index in [2.05, 4.69) is 57.6 Å². The summed E-state index contributed by atoms with van der Waals surface area (Å²) in [5, 5.41) is 3.47. The minimum atomic E-state index is 0.384. The number of benzene rings is 1. The molecule has 1 aromatic carbocycles. The number of nitrogens with zero attached hydrogens (tertiary/aromatic N) is 4. The summed E-state index contributed by atoms with van der Waals surface area (Å²) in [6.07, 6.45) is 9.77. The van der Waals surface area contributed by atoms with E-state index in [0.29, 0.717) is 6.04 Å². The smallest absolute Gasteiger partial charge is 0.0607 e. The molecular formula is C29H35N5. The van der Waals surface area contributed by atoms with Gasteiger partial charge in [-0.15, -0.1) is 0 Å². The summed E-state index contributed by atoms with van der Waals surface area (Å²) in [7, 11) is 0. The van der Waals surface area contributed by atoms with E-state index < -0.39 is 0 Å². The second-order valence-corrected chi connectivity index (χ2v) is 9.99. The topological polar surface area (TPSA) is 44.3 Å². The maximum absolute atomic E-state index is 4.94. The molecule has 5 nitrogen and oxygen atoms in total. The fourth-order valence-corrected chi connectivity index (χ4v) is 6.16. The molecule has 0 radical (unpaired) electrons. The van der Waals surface area contributed by atoms with Gasteiger partial charge >= 0.3 is 0 Å². The highest BCUT2D eigenvalue weighted by atomic mass is 15.2. The summed E-state index contributed by atoms with van der Waals surface area (Å²) in [5.41, 5.74) is 9.60. The van der Waals surface area contributed by atoms with E-state index in [-0.39, 0.29) is 0 Å². The Morgan fingerprint density at radius 3 is 2.76 bits per heavy atom. The van der Waals surface area contributed by atoms with E-state index in [1.54, 1.807) is 0 Å². The number of hydrogen-bond acceptors (Lipinski definition) is 5. The third-order valence-corrected chi connectivity index (χ3v) is 7.91. The Balaban J connectivity index is 1.26. The molecule has 5 heteroatoms. The van der Waals surface area contributed by atoms with Crippen LogP contribution in [-0.2, 0) is 19.4 Å². The summed E-state index contributed by atoms with van der Waals surface area (Å²) in [4.78, 5) is 15.1. The van der Waals surface area contributed by atoms with Crippen LogP contribution < -0.4 is 5.32 Å². The van der Waals surface area contributed by atoms with E-state index in [9.17, 15) is 0 Å². The second-order valence-electron chi connectivity index (χ2n) is 9.99. The molecule has 1 N–H and O–H groups in total. The lowest BCUT2D eigenvalue weighted by atomic mass is 9.90. The molecule has 3 heterocycles. The molecule has 1 atom stereocenters. The zero-order valence-electron chi connectivity index (χ0n) is 20.0. The quantitative estimate of drug-likeness (QED) is 0.454. The van der Waals surface area contributed by atoms with Crippen molar-refractivity contribution in [3.63, 3.8) is 0 Å². The van der Waals surface area contributed by atoms with Crippen molar-refractivity contribution in [2.75, 3.05) is 39.3 Å². The van der Waals surface area contributed by atoms with Gasteiger partial charge < -0.3 is 10.2 Å². The highest BCUT2D eigenvalue weighted by molar-refractivity contribution is 5.77. The Bertz CT molecular complexity index is 1140. The first-order valence-electron chi connectivity index (χ1n) is 13.0. The Morgan fingerprint density at radius 2 is 1.82 bits per heavy atom. The molecule has 1 saturated heterocycles. The molecule has 34 heavy (non-hydrogen) atoms. The summed E-state index contributed by atoms with van der Waals surface area (Å²) >= 11 is 0. The van der Waals surface area contributed by atoms with Crippen molar-refractivity contribution in [1.82, 2.24) is 25.1 Å². The van der Waals surface area contributed by atoms with E-state index in [0.717, 1.165) is 39.0 Å². The largest absolute Gasteiger partial charge is 0.314 e. The van der Waals surface area contributed by atoms with Gasteiger partial charge in [0.05, 0.1) is 17.4 Å². The van der Waals surface area contributed by atoms with Gasteiger partial charge in [-0.25, -0.2) is 0 Å². The molecule has 176 valence electrons. The van der Waals surface area contributed by atoms with E-state index >= 15 is 0 Å². The summed E-state index contributed by atoms with van der Waals surface area (Å²) in [5.74, 6) is 0. The van der Waals surface area contributed by atoms with Gasteiger partial charge in [0, 0.05) is 58.1 Å². The normalized spacial score (nSPS) is 19.6. The number of aryl methyl sites for hydroxylation is 1. The Morgan fingerprint density at radius 1 is 0.941 bits per heavy atom. The van der Waals surface area contributed by atoms with Crippen molar-refractivity contribution in [3.05, 3.63) is 82.9 Å². The van der Waals surface area contributed by atoms with Crippen LogP contribution in [0.5, 0.6) is 0 Å². The Labute approximate surface area is 203 Å². The van der Waals surface area contributed by atoms with E-state index in [1.165, 1.54) is 78.1 Å². The van der Waals surface area contributed by atoms with Gasteiger partial charge in [0.1, 0.15) is 0 Å². The average Bonchev–Trinajstić information content (AvgIpc) is 3.28. The number of pyridine rings is 2. The van der Waals surface area contributed by atoms with Crippen LogP contribution in [0.15, 0.2) is 54.9 Å². The fourth-order valence-electron chi connectivity index (χ4n) is 6.16. The minimum absolute atomic E-state index is 0.384. The molecule has 3 aliphatic rings. The zero-order valence-corrected chi connectivity index (χ0v) is 20.0. The van der Waals surface area contributed by atoms with Crippen LogP contribution in [0.4, 0.5) is 0 Å². The molecule has 1 aliphatic heterocycles. The minimum Gasteiger partial charge on any atom is -0.314 e. The number of hydrogen-bond donors (Lipinski definition) is 1. The highest BCUT2D eigenvalue weighted by Gasteiger charge is 2.29. The Kier molecular flexibility index (Phi) is 6.41. The van der Waals surface area contributed by atoms with Crippen LogP contribution in [0.3, 0.4) is 0 Å². The number of fused-ring (bicyclic) bond motifs is 4. The predicted molar refractivity (Wildman–Crippen MR) is 137 cm³/mol. The lowest BCUT2D eigenvalue weighted by Crippen LogP contribution is -2.44. The maximum atomic E-state index is 4.94. The van der Waals surface area contributed by atoms with Gasteiger partial charge in [0.25, 0.3) is 0 Å². The first kappa shape index (κ1) is 21.9. The molecule has 0 bridgehead atoms. The van der Waals surface area contributed by atoms with Crippen LogP contribution in [0.25, 0.3) is 11.1 Å². The van der Waals surface area contributed by atoms with E-state index in [4.69, 9.17) is 9.97 Å². The number of rotatable bonds is 7. The van der Waals surface area contributed by atoms with Crippen molar-refractivity contribution in [2.24, 2.45) is 0 Å². The van der Waals surface area contributed by atoms with Gasteiger partial charge in [-0.2, -0.15) is 0 Å². The van der Waals surface area contributed by atoms with Gasteiger partial charge in [-0.3, -0.25) is 14.9 Å². The summed E-state index contributed by atoms with van der Waals surface area (Å²) < 4.78 is 0. The monoisotopic (exact) mass is 453 g/mol. The summed E-state index contributed by atoms with van der Waals surface area (Å²) in [6.45, 7) is 7.72. The van der Waals surface area contributed by atoms with Crippen LogP contribution >= 0.6 is 0 Å². The van der Waals surface area contributed by atoms with Crippen molar-refractivity contribution in [2.45, 2.75) is 44.7 Å². The molecule has 0 saturated carbocycles. The first-order chi connectivity index (χ1) is 16.9. The molecule has 0 amide bonds. The SMILES string of the molecule is c1ccc2c(c1)Cc1c-2ccnc1CN(CCCN1CCNCC1)[C@H]1CCCc2cccnc21. The Hall–Kier alpha value is -2.60. The average molecular weight is 454 g/mol. The summed E-state index contributed by atoms with van der Waals surface area (Å²) in [6, 6.07) is 15.8. The fraction of sp³-hybridized carbons (Fsp3) is 0.448. The van der Waals surface area contributed by atoms with Crippen molar-refractivity contribution in [1.29, 1.82) is 0 Å². The van der Waals surface area contributed by atoms with Gasteiger partial charge in [0.2, 0.25) is 0 Å². The molecule has 6 rings (SSSR count). The zero-order chi connectivity index (χ0) is 22.7. The van der Waals surface area contributed by atoms with Crippen molar-refractivity contribution >= 4 is 0 Å². The van der Waals surface area contributed by atoms with E-state index in [1.807, 2.05) is 12.4 Å². The van der Waals surface area contributed by atoms with Crippen LogP contribution in [-0.4, -0.2) is 59.0 Å². The molecule has 0 spiro atoms. The number of piperazine rings is 1. The highest BCUT2D eigenvalue weighted by Crippen LogP contribution is 2.39. The van der Waals surface area contributed by atoms with Gasteiger partial charge in [-0.1, -0.05) is 30.3 Å². The standard InChI is InChI=1S/C29H35N5/c1-2-9-24-23(6-1)20-26-25(24)11-13-31-27(26)21-34(17-5-16-33-18-14-30-15-19-33)28-10-3-7-22-8-4-12-32-29(22)28/h1-2,4,6,8-9,11-13,28,30H,3,5,7,10,14-21H2/t28-/m0/s1. The maximum Gasteiger partial charge on any atom is 0.0607 e. The van der Waals surface area contributed by atoms with Gasteiger partial charge in [0.15, 0.2) is 0 Å². The molecule has 3 aromatic rings. The van der Waals surface area contributed by atoms with Crippen LogP contribution in [0.2, 0.25) is 0 Å². The van der Waals surface area contributed by atoms with Crippen molar-refractivity contribution in [3.8, 4) is 11.1 Å². The van der Waals surface area contributed by atoms with Crippen LogP contribution in [0.1, 0.15) is 53.4 Å². The third-order valence-electron chi connectivity index (χ3n) is 7.91. The third kappa shape index (κ3) is 4.40. The molecule has 2 aromatic heterocycles. The van der Waals surface area contributed by atoms with Crippen molar-refractivity contribution < 1.29 is 0 Å². The van der Waals surface area contributed by atoms with Gasteiger partial charge in [-0.05, 0) is 72.2 Å². The predicted octanol–water partition coefficient (Wildman–Crippen LogP) is 4.22. The molecule has 0 unspecified atom stereocenters. The second kappa shape index (κ2) is 9.95. The molecule has 1 fully saturated rings. The lowest BCUT2D eigenvalue weighted by Gasteiger charge is -2.36. The number of nitrogens with one attached hydrogen (secondary N) is 1. The molecular weight excluding hydrogens is 418 g/mol. The lowest BCUT2D eigenvalue weighted by molar-refractivity contribution is 0.148. The molecule has 2 aliphatic carbocycles. The first-order valence-corrected chi connectivity index (χ1v) is 13.0. The number of aromatic nitrogens is 2. The van der Waals surface area contributed by atoms with Crippen LogP contribution in [0, 0.1) is 0 Å².